The van der Waals surface area contributed by atoms with Crippen LogP contribution in [0.2, 0.25) is 0 Å². The molecule has 0 spiro atoms. The lowest BCUT2D eigenvalue weighted by Crippen LogP contribution is -2.07. The van der Waals surface area contributed by atoms with Crippen LogP contribution in [-0.4, -0.2) is 16.1 Å². The SMILES string of the molecule is CC(C)Oc1ccc(-c2ccc(N)c(NCc3ccc4ncccc4c3)n2)cc1F. The molecule has 152 valence electrons. The number of pyridine rings is 2. The number of ether oxygens (including phenoxy) is 1. The third-order valence-electron chi connectivity index (χ3n) is 4.64. The summed E-state index contributed by atoms with van der Waals surface area (Å²) in [4.78, 5) is 8.93. The number of nitrogen functional groups attached to an aromatic ring is 1. The second-order valence-electron chi connectivity index (χ2n) is 7.33. The minimum absolute atomic E-state index is 0.0957. The summed E-state index contributed by atoms with van der Waals surface area (Å²) in [6.45, 7) is 4.28. The molecule has 0 atom stereocenters. The molecule has 0 bridgehead atoms. The first-order valence-corrected chi connectivity index (χ1v) is 9.80. The van der Waals surface area contributed by atoms with Gasteiger partial charge in [0, 0.05) is 23.7 Å². The van der Waals surface area contributed by atoms with Crippen molar-refractivity contribution in [2.24, 2.45) is 0 Å². The molecule has 0 fully saturated rings. The molecule has 3 N–H and O–H groups in total. The molecule has 2 aromatic carbocycles. The van der Waals surface area contributed by atoms with E-state index in [0.717, 1.165) is 16.5 Å². The van der Waals surface area contributed by atoms with Gasteiger partial charge in [-0.3, -0.25) is 4.98 Å². The summed E-state index contributed by atoms with van der Waals surface area (Å²) >= 11 is 0. The highest BCUT2D eigenvalue weighted by molar-refractivity contribution is 5.79. The summed E-state index contributed by atoms with van der Waals surface area (Å²) in [5.41, 5.74) is 9.95. The number of halogens is 1. The van der Waals surface area contributed by atoms with Gasteiger partial charge in [-0.1, -0.05) is 12.1 Å². The van der Waals surface area contributed by atoms with Crippen molar-refractivity contribution in [1.82, 2.24) is 9.97 Å². The van der Waals surface area contributed by atoms with Crippen LogP contribution in [0.4, 0.5) is 15.9 Å². The molecular weight excluding hydrogens is 379 g/mol. The monoisotopic (exact) mass is 402 g/mol. The highest BCUT2D eigenvalue weighted by atomic mass is 19.1. The Hall–Kier alpha value is -3.67. The fraction of sp³-hybridized carbons (Fsp3) is 0.167. The summed E-state index contributed by atoms with van der Waals surface area (Å²) in [5, 5.41) is 4.36. The standard InChI is InChI=1S/C24H23FN4O/c1-15(2)30-23-10-6-18(13-19(23)25)22-9-7-20(26)24(29-22)28-14-16-5-8-21-17(12-16)4-3-11-27-21/h3-13,15H,14,26H2,1-2H3,(H,28,29). The molecule has 0 amide bonds. The average Bonchev–Trinajstić information content (AvgIpc) is 2.74. The van der Waals surface area contributed by atoms with E-state index in [1.165, 1.54) is 6.07 Å². The molecule has 6 heteroatoms. The van der Waals surface area contributed by atoms with E-state index in [0.29, 0.717) is 29.3 Å². The van der Waals surface area contributed by atoms with Gasteiger partial charge < -0.3 is 15.8 Å². The third kappa shape index (κ3) is 4.33. The maximum absolute atomic E-state index is 14.4. The number of fused-ring (bicyclic) bond motifs is 1. The van der Waals surface area contributed by atoms with Crippen LogP contribution in [0.25, 0.3) is 22.2 Å². The van der Waals surface area contributed by atoms with Gasteiger partial charge in [0.2, 0.25) is 0 Å². The van der Waals surface area contributed by atoms with E-state index < -0.39 is 5.82 Å². The van der Waals surface area contributed by atoms with Gasteiger partial charge >= 0.3 is 0 Å². The predicted molar refractivity (Wildman–Crippen MR) is 119 cm³/mol. The summed E-state index contributed by atoms with van der Waals surface area (Å²) in [7, 11) is 0. The second kappa shape index (κ2) is 8.37. The zero-order valence-corrected chi connectivity index (χ0v) is 16.9. The van der Waals surface area contributed by atoms with E-state index in [1.807, 2.05) is 38.1 Å². The normalized spacial score (nSPS) is 11.1. The molecule has 0 saturated heterocycles. The van der Waals surface area contributed by atoms with Gasteiger partial charge in [-0.05, 0) is 67.9 Å². The number of nitrogens with one attached hydrogen (secondary N) is 1. The molecule has 0 unspecified atom stereocenters. The van der Waals surface area contributed by atoms with Crippen molar-refractivity contribution in [2.75, 3.05) is 11.1 Å². The summed E-state index contributed by atoms with van der Waals surface area (Å²) in [6.07, 6.45) is 1.68. The number of rotatable bonds is 6. The lowest BCUT2D eigenvalue weighted by atomic mass is 10.1. The largest absolute Gasteiger partial charge is 0.488 e. The Labute approximate surface area is 174 Å². The van der Waals surface area contributed by atoms with Crippen LogP contribution in [-0.2, 0) is 6.54 Å². The van der Waals surface area contributed by atoms with Crippen LogP contribution < -0.4 is 15.8 Å². The topological polar surface area (TPSA) is 73.1 Å². The Morgan fingerprint density at radius 3 is 2.73 bits per heavy atom. The van der Waals surface area contributed by atoms with Gasteiger partial charge in [0.05, 0.1) is 23.0 Å². The van der Waals surface area contributed by atoms with Gasteiger partial charge in [-0.25, -0.2) is 9.37 Å². The first kappa shape index (κ1) is 19.6. The average molecular weight is 402 g/mol. The molecule has 0 aliphatic heterocycles. The van der Waals surface area contributed by atoms with Gasteiger partial charge in [-0.2, -0.15) is 0 Å². The highest BCUT2D eigenvalue weighted by Crippen LogP contribution is 2.28. The van der Waals surface area contributed by atoms with E-state index >= 15 is 0 Å². The fourth-order valence-electron chi connectivity index (χ4n) is 3.20. The van der Waals surface area contributed by atoms with Crippen molar-refractivity contribution in [2.45, 2.75) is 26.5 Å². The van der Waals surface area contributed by atoms with Crippen LogP contribution >= 0.6 is 0 Å². The van der Waals surface area contributed by atoms with Crippen molar-refractivity contribution in [3.8, 4) is 17.0 Å². The number of nitrogens with zero attached hydrogens (tertiary/aromatic N) is 2. The van der Waals surface area contributed by atoms with Crippen LogP contribution in [0.3, 0.4) is 0 Å². The minimum atomic E-state index is -0.417. The second-order valence-corrected chi connectivity index (χ2v) is 7.33. The van der Waals surface area contributed by atoms with E-state index in [1.54, 1.807) is 30.5 Å². The maximum Gasteiger partial charge on any atom is 0.165 e. The van der Waals surface area contributed by atoms with Crippen molar-refractivity contribution >= 4 is 22.4 Å². The number of aromatic nitrogens is 2. The molecule has 4 rings (SSSR count). The van der Waals surface area contributed by atoms with Crippen LogP contribution in [0.1, 0.15) is 19.4 Å². The number of nitrogens with two attached hydrogens (primary N) is 1. The minimum Gasteiger partial charge on any atom is -0.488 e. The van der Waals surface area contributed by atoms with E-state index in [2.05, 4.69) is 21.4 Å². The number of benzene rings is 2. The van der Waals surface area contributed by atoms with Crippen molar-refractivity contribution in [3.05, 3.63) is 78.2 Å². The Bertz CT molecular complexity index is 1190. The lowest BCUT2D eigenvalue weighted by molar-refractivity contribution is 0.231. The zero-order chi connectivity index (χ0) is 21.1. The Kier molecular flexibility index (Phi) is 5.48. The zero-order valence-electron chi connectivity index (χ0n) is 16.9. The van der Waals surface area contributed by atoms with Crippen LogP contribution in [0.15, 0.2) is 66.9 Å². The van der Waals surface area contributed by atoms with E-state index in [9.17, 15) is 4.39 Å². The Morgan fingerprint density at radius 1 is 1.07 bits per heavy atom. The smallest absolute Gasteiger partial charge is 0.165 e. The fourth-order valence-corrected chi connectivity index (χ4v) is 3.20. The van der Waals surface area contributed by atoms with E-state index in [-0.39, 0.29) is 11.9 Å². The number of hydrogen-bond acceptors (Lipinski definition) is 5. The Morgan fingerprint density at radius 2 is 1.93 bits per heavy atom. The van der Waals surface area contributed by atoms with Crippen molar-refractivity contribution in [3.63, 3.8) is 0 Å². The predicted octanol–water partition coefficient (Wildman–Crippen LogP) is 5.42. The van der Waals surface area contributed by atoms with Crippen molar-refractivity contribution < 1.29 is 9.13 Å². The van der Waals surface area contributed by atoms with Gasteiger partial charge in [-0.15, -0.1) is 0 Å². The molecule has 30 heavy (non-hydrogen) atoms. The summed E-state index contributed by atoms with van der Waals surface area (Å²) in [5.74, 6) is 0.370. The van der Waals surface area contributed by atoms with Gasteiger partial charge in [0.1, 0.15) is 5.82 Å². The molecule has 0 radical (unpaired) electrons. The van der Waals surface area contributed by atoms with Gasteiger partial charge in [0.25, 0.3) is 0 Å². The molecular formula is C24H23FN4O. The van der Waals surface area contributed by atoms with Gasteiger partial charge in [0.15, 0.2) is 11.6 Å². The van der Waals surface area contributed by atoms with Crippen LogP contribution in [0.5, 0.6) is 5.75 Å². The maximum atomic E-state index is 14.4. The number of anilines is 2. The third-order valence-corrected chi connectivity index (χ3v) is 4.64. The van der Waals surface area contributed by atoms with E-state index in [4.69, 9.17) is 10.5 Å². The number of hydrogen-bond donors (Lipinski definition) is 2. The summed E-state index contributed by atoms with van der Waals surface area (Å²) in [6, 6.07) is 18.4. The van der Waals surface area contributed by atoms with Crippen molar-refractivity contribution in [1.29, 1.82) is 0 Å². The Balaban J connectivity index is 1.55. The molecule has 4 aromatic rings. The first-order valence-electron chi connectivity index (χ1n) is 9.80. The summed E-state index contributed by atoms with van der Waals surface area (Å²) < 4.78 is 19.8. The quantitative estimate of drug-likeness (QED) is 0.451. The lowest BCUT2D eigenvalue weighted by Gasteiger charge is -2.13. The highest BCUT2D eigenvalue weighted by Gasteiger charge is 2.10. The molecule has 0 saturated carbocycles. The van der Waals surface area contributed by atoms with Crippen LogP contribution in [0, 0.1) is 5.82 Å². The molecule has 5 nitrogen and oxygen atoms in total. The molecule has 2 aromatic heterocycles. The molecule has 2 heterocycles. The molecule has 0 aliphatic rings. The first-order chi connectivity index (χ1) is 14.5. The molecule has 0 aliphatic carbocycles.